The van der Waals surface area contributed by atoms with Gasteiger partial charge in [0.2, 0.25) is 0 Å². The minimum Gasteiger partial charge on any atom is -0.389 e. The van der Waals surface area contributed by atoms with Crippen LogP contribution in [0.15, 0.2) is 12.3 Å². The van der Waals surface area contributed by atoms with Gasteiger partial charge in [0, 0.05) is 51.0 Å². The van der Waals surface area contributed by atoms with E-state index < -0.39 is 5.60 Å². The molecule has 24 heavy (non-hydrogen) atoms. The summed E-state index contributed by atoms with van der Waals surface area (Å²) in [5, 5.41) is 17.3. The lowest BCUT2D eigenvalue weighted by Crippen LogP contribution is -2.62. The molecule has 7 heteroatoms. The molecule has 0 aliphatic carbocycles. The van der Waals surface area contributed by atoms with Gasteiger partial charge in [0.05, 0.1) is 5.60 Å². The van der Waals surface area contributed by atoms with Crippen LogP contribution in [-0.4, -0.2) is 68.0 Å². The summed E-state index contributed by atoms with van der Waals surface area (Å²) < 4.78 is 1.67. The lowest BCUT2D eigenvalue weighted by Gasteiger charge is -2.47. The molecule has 2 amide bonds. The number of piperazine rings is 1. The molecule has 2 atom stereocenters. The summed E-state index contributed by atoms with van der Waals surface area (Å²) >= 11 is 0. The van der Waals surface area contributed by atoms with Crippen LogP contribution in [0, 0.1) is 0 Å². The van der Waals surface area contributed by atoms with Crippen LogP contribution in [0.5, 0.6) is 0 Å². The van der Waals surface area contributed by atoms with E-state index >= 15 is 0 Å². The molecule has 0 unspecified atom stereocenters. The average Bonchev–Trinajstić information content (AvgIpc) is 2.90. The third-order valence-electron chi connectivity index (χ3n) is 4.55. The third kappa shape index (κ3) is 4.70. The van der Waals surface area contributed by atoms with Crippen LogP contribution in [0.4, 0.5) is 10.6 Å². The van der Waals surface area contributed by atoms with E-state index in [0.717, 1.165) is 19.4 Å². The van der Waals surface area contributed by atoms with Crippen LogP contribution in [0.1, 0.15) is 40.5 Å². The molecule has 1 aliphatic rings. The van der Waals surface area contributed by atoms with Crippen molar-refractivity contribution in [1.82, 2.24) is 19.6 Å². The first-order valence-electron chi connectivity index (χ1n) is 8.77. The predicted octanol–water partition coefficient (Wildman–Crippen LogP) is 1.90. The summed E-state index contributed by atoms with van der Waals surface area (Å²) in [6, 6.07) is 2.09. The van der Waals surface area contributed by atoms with Gasteiger partial charge in [-0.15, -0.1) is 0 Å². The van der Waals surface area contributed by atoms with E-state index in [1.807, 2.05) is 32.0 Å². The lowest BCUT2D eigenvalue weighted by atomic mass is 10.00. The monoisotopic (exact) mass is 337 g/mol. The van der Waals surface area contributed by atoms with Crippen molar-refractivity contribution in [2.75, 3.05) is 25.0 Å². The van der Waals surface area contributed by atoms with Crippen LogP contribution in [0.2, 0.25) is 0 Å². The average molecular weight is 337 g/mol. The van der Waals surface area contributed by atoms with E-state index in [0.29, 0.717) is 18.9 Å². The molecule has 7 nitrogen and oxygen atoms in total. The van der Waals surface area contributed by atoms with Gasteiger partial charge in [0.1, 0.15) is 0 Å². The Morgan fingerprint density at radius 1 is 1.33 bits per heavy atom. The predicted molar refractivity (Wildman–Crippen MR) is 95.0 cm³/mol. The molecule has 1 aliphatic heterocycles. The van der Waals surface area contributed by atoms with Gasteiger partial charge in [-0.3, -0.25) is 14.9 Å². The zero-order valence-electron chi connectivity index (χ0n) is 15.5. The van der Waals surface area contributed by atoms with Crippen LogP contribution < -0.4 is 5.32 Å². The smallest absolute Gasteiger partial charge is 0.323 e. The molecule has 1 saturated heterocycles. The number of urea groups is 1. The first kappa shape index (κ1) is 18.7. The van der Waals surface area contributed by atoms with Gasteiger partial charge in [0.25, 0.3) is 0 Å². The molecule has 0 saturated carbocycles. The van der Waals surface area contributed by atoms with Gasteiger partial charge in [-0.05, 0) is 26.7 Å². The molecule has 0 aromatic carbocycles. The molecule has 0 bridgehead atoms. The van der Waals surface area contributed by atoms with Crippen molar-refractivity contribution < 1.29 is 9.90 Å². The minimum absolute atomic E-state index is 0.0955. The molecule has 1 fully saturated rings. The molecule has 1 aromatic rings. The van der Waals surface area contributed by atoms with Gasteiger partial charge in [0.15, 0.2) is 5.82 Å². The highest BCUT2D eigenvalue weighted by Gasteiger charge is 2.36. The summed E-state index contributed by atoms with van der Waals surface area (Å²) in [4.78, 5) is 16.9. The maximum Gasteiger partial charge on any atom is 0.323 e. The Balaban J connectivity index is 2.08. The fourth-order valence-electron chi connectivity index (χ4n) is 3.35. The molecule has 0 spiro atoms. The number of nitrogens with zero attached hydrogens (tertiary/aromatic N) is 4. The van der Waals surface area contributed by atoms with Gasteiger partial charge in [-0.25, -0.2) is 4.79 Å². The summed E-state index contributed by atoms with van der Waals surface area (Å²) in [6.07, 6.45) is 3.64. The van der Waals surface area contributed by atoms with Gasteiger partial charge in [-0.2, -0.15) is 5.10 Å². The van der Waals surface area contributed by atoms with E-state index in [1.54, 1.807) is 10.7 Å². The van der Waals surface area contributed by atoms with Crippen molar-refractivity contribution in [3.8, 4) is 0 Å². The summed E-state index contributed by atoms with van der Waals surface area (Å²) in [5.41, 5.74) is -0.732. The first-order valence-corrected chi connectivity index (χ1v) is 8.77. The second-order valence-corrected chi connectivity index (χ2v) is 7.32. The molecule has 2 heterocycles. The number of amides is 2. The second-order valence-electron chi connectivity index (χ2n) is 7.32. The van der Waals surface area contributed by atoms with Crippen molar-refractivity contribution in [1.29, 1.82) is 0 Å². The second kappa shape index (κ2) is 7.53. The topological polar surface area (TPSA) is 73.6 Å². The van der Waals surface area contributed by atoms with Crippen molar-refractivity contribution in [3.05, 3.63) is 12.3 Å². The zero-order valence-corrected chi connectivity index (χ0v) is 15.5. The number of hydrogen-bond acceptors (Lipinski definition) is 4. The molecular weight excluding hydrogens is 306 g/mol. The third-order valence-corrected chi connectivity index (χ3v) is 4.55. The van der Waals surface area contributed by atoms with E-state index in [4.69, 9.17) is 0 Å². The zero-order chi connectivity index (χ0) is 17.9. The molecule has 2 rings (SSSR count). The lowest BCUT2D eigenvalue weighted by molar-refractivity contribution is -0.0173. The largest absolute Gasteiger partial charge is 0.389 e. The van der Waals surface area contributed by atoms with Crippen LogP contribution in [-0.2, 0) is 7.05 Å². The van der Waals surface area contributed by atoms with Crippen molar-refractivity contribution >= 4 is 11.8 Å². The van der Waals surface area contributed by atoms with E-state index in [-0.39, 0.29) is 18.1 Å². The Hall–Kier alpha value is -1.60. The SMILES string of the molecule is CC[C@@H]1CN(C(=O)Nc2ccn(C)n2)[C@@H](CC)CN1CC(C)(C)O. The minimum atomic E-state index is -0.732. The van der Waals surface area contributed by atoms with Crippen molar-refractivity contribution in [3.63, 3.8) is 0 Å². The molecule has 136 valence electrons. The Labute approximate surface area is 144 Å². The first-order chi connectivity index (χ1) is 11.2. The summed E-state index contributed by atoms with van der Waals surface area (Å²) in [5.74, 6) is 0.573. The van der Waals surface area contributed by atoms with E-state index in [2.05, 4.69) is 29.2 Å². The van der Waals surface area contributed by atoms with Crippen LogP contribution in [0.3, 0.4) is 0 Å². The number of carbonyl (C=O) groups is 1. The number of carbonyl (C=O) groups excluding carboxylic acids is 1. The number of rotatable bonds is 5. The normalized spacial score (nSPS) is 22.7. The van der Waals surface area contributed by atoms with Gasteiger partial charge >= 0.3 is 6.03 Å². The van der Waals surface area contributed by atoms with Crippen molar-refractivity contribution in [2.24, 2.45) is 7.05 Å². The number of anilines is 1. The van der Waals surface area contributed by atoms with E-state index in [1.165, 1.54) is 0 Å². The van der Waals surface area contributed by atoms with Crippen molar-refractivity contribution in [2.45, 2.75) is 58.2 Å². The highest BCUT2D eigenvalue weighted by molar-refractivity contribution is 5.88. The number of aromatic nitrogens is 2. The van der Waals surface area contributed by atoms with Crippen LogP contribution >= 0.6 is 0 Å². The number of hydrogen-bond donors (Lipinski definition) is 2. The maximum atomic E-state index is 12.7. The van der Waals surface area contributed by atoms with Crippen LogP contribution in [0.25, 0.3) is 0 Å². The fourth-order valence-corrected chi connectivity index (χ4v) is 3.35. The highest BCUT2D eigenvalue weighted by Crippen LogP contribution is 2.22. The Morgan fingerprint density at radius 2 is 2.00 bits per heavy atom. The number of aliphatic hydroxyl groups is 1. The molecule has 2 N–H and O–H groups in total. The summed E-state index contributed by atoms with van der Waals surface area (Å²) in [6.45, 7) is 9.97. The quantitative estimate of drug-likeness (QED) is 0.861. The number of β-amino-alcohol motifs (C(OH)–C–C–N with tert-alkyl or cyclic N) is 1. The Morgan fingerprint density at radius 3 is 2.50 bits per heavy atom. The van der Waals surface area contributed by atoms with Gasteiger partial charge < -0.3 is 10.0 Å². The molecular formula is C17H31N5O2. The fraction of sp³-hybridized carbons (Fsp3) is 0.765. The molecule has 0 radical (unpaired) electrons. The highest BCUT2D eigenvalue weighted by atomic mass is 16.3. The van der Waals surface area contributed by atoms with E-state index in [9.17, 15) is 9.90 Å². The number of aryl methyl sites for hydroxylation is 1. The Kier molecular flexibility index (Phi) is 5.87. The van der Waals surface area contributed by atoms with Gasteiger partial charge in [-0.1, -0.05) is 13.8 Å². The summed E-state index contributed by atoms with van der Waals surface area (Å²) in [7, 11) is 1.83. The molecule has 1 aromatic heterocycles. The number of nitrogens with one attached hydrogen (secondary N) is 1. The maximum absolute atomic E-state index is 12.7. The Bertz CT molecular complexity index is 551. The standard InChI is InChI=1S/C17H31N5O2/c1-6-13-11-22(16(23)18-15-8-9-20(5)19-15)14(7-2)10-21(13)12-17(3,4)24/h8-9,13-14,24H,6-7,10-12H2,1-5H3,(H,18,19,23)/t13-,14+/m1/s1.